The molecule has 3 nitrogen and oxygen atoms in total. The minimum atomic E-state index is 0.0244. The van der Waals surface area contributed by atoms with Gasteiger partial charge in [0, 0.05) is 19.5 Å². The third kappa shape index (κ3) is 9.23. The monoisotopic (exact) mass is 255 g/mol. The van der Waals surface area contributed by atoms with E-state index in [0.717, 1.165) is 12.8 Å². The summed E-state index contributed by atoms with van der Waals surface area (Å²) in [5.41, 5.74) is 0. The van der Waals surface area contributed by atoms with E-state index in [1.54, 1.807) is 11.0 Å². The highest BCUT2D eigenvalue weighted by Gasteiger charge is 2.10. The third-order valence-corrected chi connectivity index (χ3v) is 3.07. The molecule has 0 aromatic carbocycles. The van der Waals surface area contributed by atoms with Crippen LogP contribution in [0.2, 0.25) is 0 Å². The first-order valence-corrected chi connectivity index (χ1v) is 7.25. The molecule has 0 fully saturated rings. The van der Waals surface area contributed by atoms with Crippen LogP contribution >= 0.6 is 0 Å². The van der Waals surface area contributed by atoms with Crippen LogP contribution in [0.1, 0.15) is 58.3 Å². The standard InChI is InChI=1S/C15H29NO2/c1-3-5-6-7-8-9-10-11-15(18)16(12-4-2)13-14-17/h4,17H,2-3,5-14H2,1H3. The molecule has 0 aliphatic carbocycles. The summed E-state index contributed by atoms with van der Waals surface area (Å²) in [6.45, 7) is 6.82. The molecule has 0 spiro atoms. The fourth-order valence-corrected chi connectivity index (χ4v) is 1.99. The molecule has 0 heterocycles. The molecule has 0 bridgehead atoms. The van der Waals surface area contributed by atoms with Gasteiger partial charge in [-0.2, -0.15) is 0 Å². The van der Waals surface area contributed by atoms with Gasteiger partial charge in [-0.05, 0) is 6.42 Å². The molecule has 106 valence electrons. The molecule has 0 saturated heterocycles. The number of rotatable bonds is 12. The molecule has 1 N–H and O–H groups in total. The van der Waals surface area contributed by atoms with Gasteiger partial charge in [-0.3, -0.25) is 4.79 Å². The first kappa shape index (κ1) is 17.2. The van der Waals surface area contributed by atoms with Gasteiger partial charge in [-0.1, -0.05) is 51.5 Å². The summed E-state index contributed by atoms with van der Waals surface area (Å²) in [4.78, 5) is 13.5. The van der Waals surface area contributed by atoms with Crippen molar-refractivity contribution in [2.24, 2.45) is 0 Å². The number of aliphatic hydroxyl groups excluding tert-OH is 1. The molecular weight excluding hydrogens is 226 g/mol. The molecule has 0 aliphatic heterocycles. The van der Waals surface area contributed by atoms with Gasteiger partial charge in [0.15, 0.2) is 0 Å². The van der Waals surface area contributed by atoms with Crippen LogP contribution in [0.15, 0.2) is 12.7 Å². The van der Waals surface area contributed by atoms with Crippen LogP contribution in [0.5, 0.6) is 0 Å². The highest BCUT2D eigenvalue weighted by molar-refractivity contribution is 5.76. The summed E-state index contributed by atoms with van der Waals surface area (Å²) in [6.07, 6.45) is 10.8. The molecule has 18 heavy (non-hydrogen) atoms. The van der Waals surface area contributed by atoms with Crippen molar-refractivity contribution >= 4 is 5.91 Å². The van der Waals surface area contributed by atoms with E-state index in [4.69, 9.17) is 5.11 Å². The first-order chi connectivity index (χ1) is 8.76. The minimum Gasteiger partial charge on any atom is -0.395 e. The molecule has 0 aromatic rings. The number of amides is 1. The van der Waals surface area contributed by atoms with Gasteiger partial charge >= 0.3 is 0 Å². The Labute approximate surface area is 112 Å². The zero-order chi connectivity index (χ0) is 13.6. The fraction of sp³-hybridized carbons (Fsp3) is 0.800. The maximum atomic E-state index is 11.8. The summed E-state index contributed by atoms with van der Waals surface area (Å²) >= 11 is 0. The van der Waals surface area contributed by atoms with Crippen molar-refractivity contribution < 1.29 is 9.90 Å². The summed E-state index contributed by atoms with van der Waals surface area (Å²) in [5.74, 6) is 0.137. The predicted molar refractivity (Wildman–Crippen MR) is 76.5 cm³/mol. The number of unbranched alkanes of at least 4 members (excludes halogenated alkanes) is 6. The van der Waals surface area contributed by atoms with E-state index in [9.17, 15) is 4.79 Å². The van der Waals surface area contributed by atoms with Gasteiger partial charge in [-0.25, -0.2) is 0 Å². The SMILES string of the molecule is C=CCN(CCO)C(=O)CCCCCCCCC. The molecule has 0 unspecified atom stereocenters. The minimum absolute atomic E-state index is 0.0244. The number of nitrogens with zero attached hydrogens (tertiary/aromatic N) is 1. The van der Waals surface area contributed by atoms with E-state index in [2.05, 4.69) is 13.5 Å². The van der Waals surface area contributed by atoms with E-state index in [0.29, 0.717) is 19.5 Å². The Kier molecular flexibility index (Phi) is 12.0. The van der Waals surface area contributed by atoms with Crippen molar-refractivity contribution in [2.75, 3.05) is 19.7 Å². The number of carbonyl (C=O) groups is 1. The number of carbonyl (C=O) groups excluding carboxylic acids is 1. The normalized spacial score (nSPS) is 10.3. The molecule has 0 radical (unpaired) electrons. The van der Waals surface area contributed by atoms with Crippen LogP contribution in [-0.2, 0) is 4.79 Å². The smallest absolute Gasteiger partial charge is 0.222 e. The molecule has 3 heteroatoms. The van der Waals surface area contributed by atoms with Gasteiger partial charge in [0.1, 0.15) is 0 Å². The van der Waals surface area contributed by atoms with Crippen molar-refractivity contribution in [3.8, 4) is 0 Å². The van der Waals surface area contributed by atoms with Crippen molar-refractivity contribution in [3.63, 3.8) is 0 Å². The van der Waals surface area contributed by atoms with Crippen LogP contribution < -0.4 is 0 Å². The van der Waals surface area contributed by atoms with Crippen molar-refractivity contribution in [1.29, 1.82) is 0 Å². The second-order valence-electron chi connectivity index (χ2n) is 4.72. The van der Waals surface area contributed by atoms with Gasteiger partial charge in [0.25, 0.3) is 0 Å². The zero-order valence-electron chi connectivity index (χ0n) is 11.9. The second kappa shape index (κ2) is 12.6. The summed E-state index contributed by atoms with van der Waals surface area (Å²) < 4.78 is 0. The molecule has 0 rings (SSSR count). The predicted octanol–water partition coefficient (Wildman–Crippen LogP) is 3.13. The Balaban J connectivity index is 3.57. The summed E-state index contributed by atoms with van der Waals surface area (Å²) in [7, 11) is 0. The lowest BCUT2D eigenvalue weighted by atomic mass is 10.1. The topological polar surface area (TPSA) is 40.5 Å². The Morgan fingerprint density at radius 3 is 2.33 bits per heavy atom. The van der Waals surface area contributed by atoms with E-state index in [-0.39, 0.29) is 12.5 Å². The van der Waals surface area contributed by atoms with Crippen molar-refractivity contribution in [2.45, 2.75) is 58.3 Å². The molecule has 0 aliphatic rings. The van der Waals surface area contributed by atoms with Gasteiger partial charge in [0.05, 0.1) is 6.61 Å². The second-order valence-corrected chi connectivity index (χ2v) is 4.72. The van der Waals surface area contributed by atoms with Crippen LogP contribution in [0, 0.1) is 0 Å². The lowest BCUT2D eigenvalue weighted by Gasteiger charge is -2.19. The highest BCUT2D eigenvalue weighted by Crippen LogP contribution is 2.09. The quantitative estimate of drug-likeness (QED) is 0.430. The van der Waals surface area contributed by atoms with Gasteiger partial charge in [-0.15, -0.1) is 6.58 Å². The molecule has 0 atom stereocenters. The van der Waals surface area contributed by atoms with Crippen LogP contribution in [0.25, 0.3) is 0 Å². The molecule has 0 saturated carbocycles. The lowest BCUT2D eigenvalue weighted by Crippen LogP contribution is -2.33. The van der Waals surface area contributed by atoms with Gasteiger partial charge < -0.3 is 10.0 Å². The maximum Gasteiger partial charge on any atom is 0.222 e. The Bertz CT molecular complexity index is 217. The third-order valence-electron chi connectivity index (χ3n) is 3.07. The molecule has 1 amide bonds. The largest absolute Gasteiger partial charge is 0.395 e. The Hall–Kier alpha value is -0.830. The lowest BCUT2D eigenvalue weighted by molar-refractivity contribution is -0.131. The molecule has 0 aromatic heterocycles. The van der Waals surface area contributed by atoms with Crippen LogP contribution in [-0.4, -0.2) is 35.6 Å². The van der Waals surface area contributed by atoms with E-state index in [1.807, 2.05) is 0 Å². The molecular formula is C15H29NO2. The van der Waals surface area contributed by atoms with Crippen molar-refractivity contribution in [1.82, 2.24) is 4.90 Å². The average molecular weight is 255 g/mol. The average Bonchev–Trinajstić information content (AvgIpc) is 2.37. The number of hydrogen-bond acceptors (Lipinski definition) is 2. The zero-order valence-corrected chi connectivity index (χ0v) is 11.9. The number of aliphatic hydroxyl groups is 1. The van der Waals surface area contributed by atoms with E-state index < -0.39 is 0 Å². The van der Waals surface area contributed by atoms with E-state index >= 15 is 0 Å². The highest BCUT2D eigenvalue weighted by atomic mass is 16.3. The summed E-state index contributed by atoms with van der Waals surface area (Å²) in [6, 6.07) is 0. The maximum absolute atomic E-state index is 11.8. The fourth-order valence-electron chi connectivity index (χ4n) is 1.99. The summed E-state index contributed by atoms with van der Waals surface area (Å²) in [5, 5.41) is 8.88. The Morgan fingerprint density at radius 1 is 1.17 bits per heavy atom. The van der Waals surface area contributed by atoms with Gasteiger partial charge in [0.2, 0.25) is 5.91 Å². The Morgan fingerprint density at radius 2 is 1.78 bits per heavy atom. The van der Waals surface area contributed by atoms with Crippen LogP contribution in [0.3, 0.4) is 0 Å². The first-order valence-electron chi connectivity index (χ1n) is 7.25. The van der Waals surface area contributed by atoms with Crippen LogP contribution in [0.4, 0.5) is 0 Å². The van der Waals surface area contributed by atoms with E-state index in [1.165, 1.54) is 32.1 Å². The number of hydrogen-bond donors (Lipinski definition) is 1. The van der Waals surface area contributed by atoms with Crippen molar-refractivity contribution in [3.05, 3.63) is 12.7 Å².